The highest BCUT2D eigenvalue weighted by Crippen LogP contribution is 2.27. The van der Waals surface area contributed by atoms with Gasteiger partial charge in [0.1, 0.15) is 5.52 Å². The number of imidazole rings is 1. The third-order valence-electron chi connectivity index (χ3n) is 2.39. The SMILES string of the molecule is Clc1ccccc1Nc1nc(Br)nc2nc[nH]c12. The Balaban J connectivity index is 2.10. The van der Waals surface area contributed by atoms with Crippen molar-refractivity contribution in [3.05, 3.63) is 40.3 Å². The van der Waals surface area contributed by atoms with E-state index in [2.05, 4.69) is 41.2 Å². The van der Waals surface area contributed by atoms with Crippen LogP contribution in [0, 0.1) is 0 Å². The van der Waals surface area contributed by atoms with E-state index in [0.29, 0.717) is 21.2 Å². The van der Waals surface area contributed by atoms with Gasteiger partial charge >= 0.3 is 0 Å². The molecule has 0 bridgehead atoms. The second-order valence-corrected chi connectivity index (χ2v) is 4.66. The van der Waals surface area contributed by atoms with E-state index >= 15 is 0 Å². The van der Waals surface area contributed by atoms with E-state index in [1.54, 1.807) is 6.33 Å². The quantitative estimate of drug-likeness (QED) is 0.708. The van der Waals surface area contributed by atoms with Crippen molar-refractivity contribution in [2.75, 3.05) is 5.32 Å². The van der Waals surface area contributed by atoms with Crippen LogP contribution in [0.2, 0.25) is 5.02 Å². The summed E-state index contributed by atoms with van der Waals surface area (Å²) in [6.45, 7) is 0. The molecule has 0 aliphatic rings. The molecule has 0 aliphatic heterocycles. The monoisotopic (exact) mass is 323 g/mol. The smallest absolute Gasteiger partial charge is 0.200 e. The van der Waals surface area contributed by atoms with Gasteiger partial charge in [-0.15, -0.1) is 0 Å². The van der Waals surface area contributed by atoms with E-state index in [4.69, 9.17) is 11.6 Å². The number of nitrogens with one attached hydrogen (secondary N) is 2. The number of nitrogens with zero attached hydrogens (tertiary/aromatic N) is 3. The van der Waals surface area contributed by atoms with Crippen molar-refractivity contribution in [1.82, 2.24) is 19.9 Å². The Labute approximate surface area is 116 Å². The summed E-state index contributed by atoms with van der Waals surface area (Å²) in [5, 5.41) is 3.78. The molecular formula is C11H7BrClN5. The van der Waals surface area contributed by atoms with E-state index in [9.17, 15) is 0 Å². The minimum atomic E-state index is 0.469. The van der Waals surface area contributed by atoms with Gasteiger partial charge in [0.05, 0.1) is 17.0 Å². The summed E-state index contributed by atoms with van der Waals surface area (Å²) in [4.78, 5) is 15.5. The molecule has 3 aromatic rings. The van der Waals surface area contributed by atoms with Crippen molar-refractivity contribution >= 4 is 50.2 Å². The fourth-order valence-electron chi connectivity index (χ4n) is 1.59. The van der Waals surface area contributed by atoms with Gasteiger partial charge in [-0.05, 0) is 28.1 Å². The van der Waals surface area contributed by atoms with Crippen molar-refractivity contribution in [2.24, 2.45) is 0 Å². The first-order valence-corrected chi connectivity index (χ1v) is 6.29. The number of aromatic nitrogens is 4. The molecule has 2 heterocycles. The lowest BCUT2D eigenvalue weighted by Gasteiger charge is -2.07. The molecule has 0 saturated carbocycles. The first kappa shape index (κ1) is 11.4. The summed E-state index contributed by atoms with van der Waals surface area (Å²) in [5.74, 6) is 0.623. The highest BCUT2D eigenvalue weighted by atomic mass is 79.9. The lowest BCUT2D eigenvalue weighted by atomic mass is 10.3. The number of aromatic amines is 1. The number of para-hydroxylation sites is 1. The Bertz CT molecular complexity index is 711. The highest BCUT2D eigenvalue weighted by molar-refractivity contribution is 9.10. The topological polar surface area (TPSA) is 66.5 Å². The number of fused-ring (bicyclic) bond motifs is 1. The van der Waals surface area contributed by atoms with Crippen molar-refractivity contribution < 1.29 is 0 Å². The van der Waals surface area contributed by atoms with Crippen LogP contribution < -0.4 is 5.32 Å². The number of anilines is 2. The molecular weight excluding hydrogens is 318 g/mol. The van der Waals surface area contributed by atoms with Crippen molar-refractivity contribution in [1.29, 1.82) is 0 Å². The fourth-order valence-corrected chi connectivity index (χ4v) is 2.12. The summed E-state index contributed by atoms with van der Waals surface area (Å²) in [6, 6.07) is 7.45. The molecule has 1 aromatic carbocycles. The zero-order valence-electron chi connectivity index (χ0n) is 8.98. The Morgan fingerprint density at radius 1 is 1.22 bits per heavy atom. The maximum absolute atomic E-state index is 6.10. The zero-order valence-corrected chi connectivity index (χ0v) is 11.3. The Kier molecular flexibility index (Phi) is 2.89. The number of rotatable bonds is 2. The van der Waals surface area contributed by atoms with Crippen LogP contribution in [0.15, 0.2) is 35.3 Å². The molecule has 0 aliphatic carbocycles. The lowest BCUT2D eigenvalue weighted by molar-refractivity contribution is 1.14. The average molecular weight is 325 g/mol. The molecule has 0 amide bonds. The van der Waals surface area contributed by atoms with Gasteiger partial charge in [0.15, 0.2) is 11.5 Å². The Morgan fingerprint density at radius 3 is 2.89 bits per heavy atom. The van der Waals surface area contributed by atoms with Gasteiger partial charge in [0, 0.05) is 0 Å². The fraction of sp³-hybridized carbons (Fsp3) is 0. The summed E-state index contributed by atoms with van der Waals surface area (Å²) >= 11 is 9.35. The van der Waals surface area contributed by atoms with E-state index in [1.165, 1.54) is 0 Å². The second kappa shape index (κ2) is 4.55. The highest BCUT2D eigenvalue weighted by Gasteiger charge is 2.09. The molecule has 2 N–H and O–H groups in total. The minimum absolute atomic E-state index is 0.469. The summed E-state index contributed by atoms with van der Waals surface area (Å²) in [5.41, 5.74) is 2.10. The molecule has 18 heavy (non-hydrogen) atoms. The largest absolute Gasteiger partial charge is 0.340 e. The van der Waals surface area contributed by atoms with Gasteiger partial charge in [0.2, 0.25) is 4.73 Å². The number of halogens is 2. The standard InChI is InChI=1S/C11H7BrClN5/c12-11-17-9-8(14-5-15-9)10(18-11)16-7-4-2-1-3-6(7)13/h1-5H,(H2,14,15,16,17,18). The molecule has 2 aromatic heterocycles. The van der Waals surface area contributed by atoms with Gasteiger partial charge < -0.3 is 10.3 Å². The van der Waals surface area contributed by atoms with Crippen LogP contribution in [0.5, 0.6) is 0 Å². The number of benzene rings is 1. The molecule has 5 nitrogen and oxygen atoms in total. The maximum atomic E-state index is 6.10. The lowest BCUT2D eigenvalue weighted by Crippen LogP contribution is -1.97. The summed E-state index contributed by atoms with van der Waals surface area (Å²) in [6.07, 6.45) is 1.57. The van der Waals surface area contributed by atoms with Gasteiger partial charge in [-0.25, -0.2) is 15.0 Å². The molecule has 90 valence electrons. The molecule has 0 radical (unpaired) electrons. The van der Waals surface area contributed by atoms with E-state index < -0.39 is 0 Å². The van der Waals surface area contributed by atoms with Crippen molar-refractivity contribution in [2.45, 2.75) is 0 Å². The predicted octanol–water partition coefficient (Wildman–Crippen LogP) is 3.51. The van der Waals surface area contributed by atoms with Gasteiger partial charge in [0.25, 0.3) is 0 Å². The molecule has 0 saturated heterocycles. The number of hydrogen-bond donors (Lipinski definition) is 2. The van der Waals surface area contributed by atoms with Crippen LogP contribution in [-0.4, -0.2) is 19.9 Å². The van der Waals surface area contributed by atoms with E-state index in [-0.39, 0.29) is 0 Å². The second-order valence-electron chi connectivity index (χ2n) is 3.55. The average Bonchev–Trinajstić information content (AvgIpc) is 2.80. The van der Waals surface area contributed by atoms with Crippen molar-refractivity contribution in [3.8, 4) is 0 Å². The Morgan fingerprint density at radius 2 is 2.06 bits per heavy atom. The van der Waals surface area contributed by atoms with Gasteiger partial charge in [-0.3, -0.25) is 0 Å². The number of hydrogen-bond acceptors (Lipinski definition) is 4. The molecule has 0 spiro atoms. The van der Waals surface area contributed by atoms with Crippen LogP contribution in [0.1, 0.15) is 0 Å². The van der Waals surface area contributed by atoms with Crippen LogP contribution in [0.4, 0.5) is 11.5 Å². The number of H-pyrrole nitrogens is 1. The van der Waals surface area contributed by atoms with Crippen molar-refractivity contribution in [3.63, 3.8) is 0 Å². The van der Waals surface area contributed by atoms with Crippen LogP contribution in [-0.2, 0) is 0 Å². The van der Waals surface area contributed by atoms with Gasteiger partial charge in [-0.1, -0.05) is 23.7 Å². The third kappa shape index (κ3) is 2.04. The Hall–Kier alpha value is -1.66. The maximum Gasteiger partial charge on any atom is 0.200 e. The zero-order chi connectivity index (χ0) is 12.5. The van der Waals surface area contributed by atoms with Crippen LogP contribution >= 0.6 is 27.5 Å². The molecule has 3 rings (SSSR count). The van der Waals surface area contributed by atoms with E-state index in [0.717, 1.165) is 11.2 Å². The van der Waals surface area contributed by atoms with Crippen LogP contribution in [0.3, 0.4) is 0 Å². The minimum Gasteiger partial charge on any atom is -0.340 e. The summed E-state index contributed by atoms with van der Waals surface area (Å²) < 4.78 is 0.469. The summed E-state index contributed by atoms with van der Waals surface area (Å²) in [7, 11) is 0. The predicted molar refractivity (Wildman–Crippen MR) is 74.1 cm³/mol. The third-order valence-corrected chi connectivity index (χ3v) is 3.07. The van der Waals surface area contributed by atoms with Gasteiger partial charge in [-0.2, -0.15) is 0 Å². The molecule has 0 atom stereocenters. The molecule has 0 fully saturated rings. The first-order valence-electron chi connectivity index (χ1n) is 5.12. The van der Waals surface area contributed by atoms with E-state index in [1.807, 2.05) is 24.3 Å². The van der Waals surface area contributed by atoms with Crippen LogP contribution in [0.25, 0.3) is 11.2 Å². The molecule has 7 heteroatoms. The molecule has 0 unspecified atom stereocenters. The first-order chi connectivity index (χ1) is 8.74. The normalized spacial score (nSPS) is 10.8.